The van der Waals surface area contributed by atoms with E-state index in [2.05, 4.69) is 5.32 Å². The lowest BCUT2D eigenvalue weighted by Crippen LogP contribution is -2.50. The molecule has 6 heteroatoms. The molecule has 0 aliphatic heterocycles. The van der Waals surface area contributed by atoms with Gasteiger partial charge in [0.25, 0.3) is 0 Å². The molecule has 0 saturated heterocycles. The number of nitrogens with one attached hydrogen (secondary N) is 1. The van der Waals surface area contributed by atoms with E-state index in [9.17, 15) is 14.0 Å². The number of nitrogens with zero attached hydrogens (tertiary/aromatic N) is 1. The second-order valence-electron chi connectivity index (χ2n) is 6.89. The van der Waals surface area contributed by atoms with Crippen LogP contribution in [0.3, 0.4) is 0 Å². The van der Waals surface area contributed by atoms with Crippen molar-refractivity contribution in [3.63, 3.8) is 0 Å². The Hall–Kier alpha value is -2.89. The monoisotopic (exact) mass is 386 g/mol. The Kier molecular flexibility index (Phi) is 7.99. The summed E-state index contributed by atoms with van der Waals surface area (Å²) >= 11 is 0. The predicted octanol–water partition coefficient (Wildman–Crippen LogP) is 4.13. The van der Waals surface area contributed by atoms with Crippen molar-refractivity contribution in [2.45, 2.75) is 39.5 Å². The lowest BCUT2D eigenvalue weighted by Gasteiger charge is -2.28. The van der Waals surface area contributed by atoms with Crippen LogP contribution in [-0.2, 0) is 22.7 Å². The number of hydrogen-bond donors (Lipinski definition) is 1. The first-order valence-corrected chi connectivity index (χ1v) is 9.37. The van der Waals surface area contributed by atoms with Crippen molar-refractivity contribution in [2.24, 2.45) is 5.92 Å². The van der Waals surface area contributed by atoms with E-state index in [1.54, 1.807) is 19.2 Å². The zero-order chi connectivity index (χ0) is 20.5. The molecule has 150 valence electrons. The van der Waals surface area contributed by atoms with Gasteiger partial charge < -0.3 is 15.0 Å². The summed E-state index contributed by atoms with van der Waals surface area (Å²) in [7, 11) is 1.66. The van der Waals surface area contributed by atoms with Crippen LogP contribution in [-0.4, -0.2) is 30.0 Å². The van der Waals surface area contributed by atoms with Crippen LogP contribution in [0.5, 0.6) is 0 Å². The molecule has 0 unspecified atom stereocenters. The topological polar surface area (TPSA) is 58.6 Å². The minimum absolute atomic E-state index is 0.0626. The molecule has 0 radical (unpaired) electrons. The van der Waals surface area contributed by atoms with E-state index in [1.165, 1.54) is 17.0 Å². The van der Waals surface area contributed by atoms with Gasteiger partial charge in [0.1, 0.15) is 18.5 Å². The van der Waals surface area contributed by atoms with Crippen LogP contribution in [0, 0.1) is 11.7 Å². The van der Waals surface area contributed by atoms with Crippen LogP contribution >= 0.6 is 0 Å². The quantitative estimate of drug-likeness (QED) is 0.742. The third kappa shape index (κ3) is 6.37. The maximum absolute atomic E-state index is 13.1. The van der Waals surface area contributed by atoms with E-state index in [0.717, 1.165) is 17.5 Å². The normalized spacial score (nSPS) is 12.7. The summed E-state index contributed by atoms with van der Waals surface area (Å²) in [4.78, 5) is 26.7. The van der Waals surface area contributed by atoms with Gasteiger partial charge >= 0.3 is 6.09 Å². The number of rotatable bonds is 8. The maximum Gasteiger partial charge on any atom is 0.408 e. The number of carbonyl (C=O) groups is 2. The third-order valence-electron chi connectivity index (χ3n) is 4.67. The van der Waals surface area contributed by atoms with E-state index < -0.39 is 12.1 Å². The summed E-state index contributed by atoms with van der Waals surface area (Å²) < 4.78 is 18.3. The van der Waals surface area contributed by atoms with E-state index in [1.807, 2.05) is 44.2 Å². The number of halogens is 1. The minimum Gasteiger partial charge on any atom is -0.445 e. The number of likely N-dealkylation sites (N-methyl/N-ethyl adjacent to an activating group) is 1. The van der Waals surface area contributed by atoms with Gasteiger partial charge in [0.2, 0.25) is 5.91 Å². The van der Waals surface area contributed by atoms with Crippen LogP contribution in [0.2, 0.25) is 0 Å². The molecule has 0 aliphatic rings. The van der Waals surface area contributed by atoms with E-state index in [-0.39, 0.29) is 24.2 Å². The second-order valence-corrected chi connectivity index (χ2v) is 6.89. The average molecular weight is 386 g/mol. The van der Waals surface area contributed by atoms with E-state index in [0.29, 0.717) is 6.54 Å². The summed E-state index contributed by atoms with van der Waals surface area (Å²) in [6.45, 7) is 4.33. The van der Waals surface area contributed by atoms with Gasteiger partial charge in [-0.1, -0.05) is 62.7 Å². The third-order valence-corrected chi connectivity index (χ3v) is 4.67. The minimum atomic E-state index is -0.696. The Bertz CT molecular complexity index is 765. The zero-order valence-electron chi connectivity index (χ0n) is 16.5. The lowest BCUT2D eigenvalue weighted by molar-refractivity contribution is -0.133. The van der Waals surface area contributed by atoms with Crippen molar-refractivity contribution in [3.8, 4) is 0 Å². The molecule has 5 nitrogen and oxygen atoms in total. The smallest absolute Gasteiger partial charge is 0.408 e. The Morgan fingerprint density at radius 1 is 1.07 bits per heavy atom. The summed E-state index contributed by atoms with van der Waals surface area (Å²) in [5.41, 5.74) is 1.68. The van der Waals surface area contributed by atoms with Crippen molar-refractivity contribution in [1.29, 1.82) is 0 Å². The highest BCUT2D eigenvalue weighted by Crippen LogP contribution is 2.13. The van der Waals surface area contributed by atoms with Crippen molar-refractivity contribution < 1.29 is 18.7 Å². The highest BCUT2D eigenvalue weighted by Gasteiger charge is 2.29. The van der Waals surface area contributed by atoms with Gasteiger partial charge in [0.05, 0.1) is 0 Å². The first-order chi connectivity index (χ1) is 13.4. The summed E-state index contributed by atoms with van der Waals surface area (Å²) in [6, 6.07) is 14.6. The molecule has 1 N–H and O–H groups in total. The van der Waals surface area contributed by atoms with Crippen molar-refractivity contribution >= 4 is 12.0 Å². The molecule has 2 aromatic carbocycles. The van der Waals surface area contributed by atoms with Gasteiger partial charge in [-0.2, -0.15) is 0 Å². The fourth-order valence-corrected chi connectivity index (χ4v) is 2.75. The molecule has 0 spiro atoms. The molecular weight excluding hydrogens is 359 g/mol. The first kappa shape index (κ1) is 21.4. The van der Waals surface area contributed by atoms with Crippen LogP contribution in [0.15, 0.2) is 54.6 Å². The van der Waals surface area contributed by atoms with Gasteiger partial charge in [0.15, 0.2) is 0 Å². The van der Waals surface area contributed by atoms with Gasteiger partial charge in [-0.3, -0.25) is 4.79 Å². The first-order valence-electron chi connectivity index (χ1n) is 9.37. The summed E-state index contributed by atoms with van der Waals surface area (Å²) in [6.07, 6.45) is 0.0948. The van der Waals surface area contributed by atoms with Crippen LogP contribution in [0.25, 0.3) is 0 Å². The molecule has 0 heterocycles. The van der Waals surface area contributed by atoms with Gasteiger partial charge in [-0.25, -0.2) is 9.18 Å². The number of carbonyl (C=O) groups excluding carboxylic acids is 2. The van der Waals surface area contributed by atoms with Gasteiger partial charge in [-0.15, -0.1) is 0 Å². The van der Waals surface area contributed by atoms with Crippen LogP contribution < -0.4 is 5.32 Å². The second kappa shape index (κ2) is 10.4. The van der Waals surface area contributed by atoms with Crippen molar-refractivity contribution in [2.75, 3.05) is 7.05 Å². The summed E-state index contributed by atoms with van der Waals surface area (Å²) in [5, 5.41) is 2.70. The zero-order valence-corrected chi connectivity index (χ0v) is 16.5. The molecule has 0 saturated carbocycles. The van der Waals surface area contributed by atoms with Gasteiger partial charge in [0, 0.05) is 13.6 Å². The predicted molar refractivity (Wildman–Crippen MR) is 106 cm³/mol. The number of alkyl carbamates (subject to hydrolysis) is 1. The molecule has 0 aliphatic carbocycles. The molecule has 2 aromatic rings. The maximum atomic E-state index is 13.1. The van der Waals surface area contributed by atoms with Crippen molar-refractivity contribution in [3.05, 3.63) is 71.5 Å². The molecule has 2 amide bonds. The number of amides is 2. The average Bonchev–Trinajstić information content (AvgIpc) is 2.71. The molecule has 2 rings (SSSR count). The highest BCUT2D eigenvalue weighted by molar-refractivity contribution is 5.85. The molecule has 0 fully saturated rings. The molecule has 0 bridgehead atoms. The molecule has 28 heavy (non-hydrogen) atoms. The Morgan fingerprint density at radius 3 is 2.32 bits per heavy atom. The van der Waals surface area contributed by atoms with Crippen molar-refractivity contribution in [1.82, 2.24) is 10.2 Å². The lowest BCUT2D eigenvalue weighted by atomic mass is 9.98. The standard InChI is InChI=1S/C22H27FN2O3/c1-4-16(2)20(24-22(27)28-15-18-8-6-5-7-9-18)21(26)25(3)14-17-10-12-19(23)13-11-17/h5-13,16,20H,4,14-15H2,1-3H3,(H,24,27)/t16-,20-/m0/s1. The van der Waals surface area contributed by atoms with Crippen LogP contribution in [0.1, 0.15) is 31.4 Å². The van der Waals surface area contributed by atoms with Crippen LogP contribution in [0.4, 0.5) is 9.18 Å². The Labute approximate surface area is 165 Å². The van der Waals surface area contributed by atoms with E-state index in [4.69, 9.17) is 4.74 Å². The summed E-state index contributed by atoms with van der Waals surface area (Å²) in [5.74, 6) is -0.596. The fourth-order valence-electron chi connectivity index (χ4n) is 2.75. The number of benzene rings is 2. The molecule has 0 aromatic heterocycles. The highest BCUT2D eigenvalue weighted by atomic mass is 19.1. The fraction of sp³-hybridized carbons (Fsp3) is 0.364. The van der Waals surface area contributed by atoms with Gasteiger partial charge in [-0.05, 0) is 29.2 Å². The SMILES string of the molecule is CC[C@H](C)[C@H](NC(=O)OCc1ccccc1)C(=O)N(C)Cc1ccc(F)cc1. The Balaban J connectivity index is 1.97. The number of hydrogen-bond acceptors (Lipinski definition) is 3. The molecular formula is C22H27FN2O3. The number of ether oxygens (including phenoxy) is 1. The largest absolute Gasteiger partial charge is 0.445 e. The Morgan fingerprint density at radius 2 is 1.71 bits per heavy atom. The molecule has 2 atom stereocenters. The van der Waals surface area contributed by atoms with E-state index >= 15 is 0 Å².